The van der Waals surface area contributed by atoms with Gasteiger partial charge < -0.3 is 15.0 Å². The zero-order valence-electron chi connectivity index (χ0n) is 12.0. The molecule has 1 saturated carbocycles. The van der Waals surface area contributed by atoms with E-state index >= 15 is 0 Å². The molecule has 18 heavy (non-hydrogen) atoms. The van der Waals surface area contributed by atoms with Crippen LogP contribution in [0.25, 0.3) is 0 Å². The highest BCUT2D eigenvalue weighted by molar-refractivity contribution is 4.89. The van der Waals surface area contributed by atoms with Crippen LogP contribution in [0.2, 0.25) is 0 Å². The molecule has 0 aromatic rings. The first-order chi connectivity index (χ1) is 8.85. The minimum atomic E-state index is 0.766. The summed E-state index contributed by atoms with van der Waals surface area (Å²) in [6.07, 6.45) is 10.0. The molecule has 2 aliphatic rings. The van der Waals surface area contributed by atoms with Gasteiger partial charge in [-0.25, -0.2) is 0 Å². The number of methoxy groups -OCH3 is 1. The molecule has 1 aliphatic carbocycles. The van der Waals surface area contributed by atoms with Crippen LogP contribution in [0, 0.1) is 5.41 Å². The van der Waals surface area contributed by atoms with Gasteiger partial charge in [0.25, 0.3) is 0 Å². The number of hydrogen-bond acceptors (Lipinski definition) is 3. The van der Waals surface area contributed by atoms with Gasteiger partial charge in [0.1, 0.15) is 0 Å². The molecular formula is C15H30N2O. The average molecular weight is 254 g/mol. The molecule has 1 heterocycles. The third kappa shape index (κ3) is 4.22. The summed E-state index contributed by atoms with van der Waals surface area (Å²) in [5.41, 5.74) is 0.766. The summed E-state index contributed by atoms with van der Waals surface area (Å²) < 4.78 is 5.04. The Morgan fingerprint density at radius 3 is 2.44 bits per heavy atom. The molecule has 106 valence electrons. The van der Waals surface area contributed by atoms with Gasteiger partial charge in [0.05, 0.1) is 0 Å². The number of ether oxygens (including phenoxy) is 1. The second kappa shape index (κ2) is 7.46. The normalized spacial score (nSPS) is 23.8. The maximum atomic E-state index is 5.04. The Morgan fingerprint density at radius 1 is 1.06 bits per heavy atom. The van der Waals surface area contributed by atoms with Crippen molar-refractivity contribution in [3.63, 3.8) is 0 Å². The molecule has 0 radical (unpaired) electrons. The molecule has 0 aromatic heterocycles. The van der Waals surface area contributed by atoms with E-state index in [1.165, 1.54) is 58.2 Å². The lowest BCUT2D eigenvalue weighted by Crippen LogP contribution is -2.41. The number of likely N-dealkylation sites (tertiary alicyclic amines) is 1. The summed E-state index contributed by atoms with van der Waals surface area (Å²) in [7, 11) is 1.77. The molecule has 3 heteroatoms. The first-order valence-corrected chi connectivity index (χ1v) is 7.77. The van der Waals surface area contributed by atoms with Crippen molar-refractivity contribution in [1.29, 1.82) is 0 Å². The van der Waals surface area contributed by atoms with Crippen LogP contribution in [-0.4, -0.2) is 51.3 Å². The summed E-state index contributed by atoms with van der Waals surface area (Å²) in [6.45, 7) is 6.99. The first-order valence-electron chi connectivity index (χ1n) is 7.77. The number of piperidine rings is 1. The Hall–Kier alpha value is -0.120. The van der Waals surface area contributed by atoms with Crippen molar-refractivity contribution in [1.82, 2.24) is 10.2 Å². The smallest absolute Gasteiger partial charge is 0.0474 e. The summed E-state index contributed by atoms with van der Waals surface area (Å²) in [4.78, 5) is 2.65. The lowest BCUT2D eigenvalue weighted by Gasteiger charge is -2.39. The van der Waals surface area contributed by atoms with Crippen molar-refractivity contribution in [3.8, 4) is 0 Å². The Labute approximate surface area is 112 Å². The molecule has 2 fully saturated rings. The van der Waals surface area contributed by atoms with Gasteiger partial charge in [0.15, 0.2) is 0 Å². The van der Waals surface area contributed by atoms with Crippen LogP contribution in [0.1, 0.15) is 44.9 Å². The highest BCUT2D eigenvalue weighted by Crippen LogP contribution is 2.45. The van der Waals surface area contributed by atoms with Crippen molar-refractivity contribution >= 4 is 0 Å². The van der Waals surface area contributed by atoms with E-state index in [0.29, 0.717) is 0 Å². The molecule has 0 amide bonds. The Kier molecular flexibility index (Phi) is 5.93. The molecule has 1 aliphatic heterocycles. The van der Waals surface area contributed by atoms with E-state index in [1.807, 2.05) is 0 Å². The van der Waals surface area contributed by atoms with Gasteiger partial charge in [-0.05, 0) is 57.2 Å². The van der Waals surface area contributed by atoms with Crippen LogP contribution in [0.15, 0.2) is 0 Å². The zero-order valence-corrected chi connectivity index (χ0v) is 12.0. The van der Waals surface area contributed by atoms with Crippen LogP contribution in [0.4, 0.5) is 0 Å². The average Bonchev–Trinajstić information content (AvgIpc) is 2.85. The third-order valence-electron chi connectivity index (χ3n) is 4.89. The predicted molar refractivity (Wildman–Crippen MR) is 75.9 cm³/mol. The van der Waals surface area contributed by atoms with Gasteiger partial charge in [0, 0.05) is 26.8 Å². The summed E-state index contributed by atoms with van der Waals surface area (Å²) in [6, 6.07) is 0. The molecule has 0 unspecified atom stereocenters. The molecule has 0 aromatic carbocycles. The van der Waals surface area contributed by atoms with E-state index in [0.717, 1.165) is 31.5 Å². The minimum Gasteiger partial charge on any atom is -0.385 e. The Balaban J connectivity index is 1.51. The monoisotopic (exact) mass is 254 g/mol. The number of hydrogen-bond donors (Lipinski definition) is 1. The second-order valence-corrected chi connectivity index (χ2v) is 6.15. The van der Waals surface area contributed by atoms with Crippen molar-refractivity contribution in [2.75, 3.05) is 46.4 Å². The van der Waals surface area contributed by atoms with E-state index in [-0.39, 0.29) is 0 Å². The Bertz CT molecular complexity index is 217. The highest BCUT2D eigenvalue weighted by atomic mass is 16.5. The quantitative estimate of drug-likeness (QED) is 0.705. The number of nitrogens with one attached hydrogen (secondary N) is 1. The van der Waals surface area contributed by atoms with Crippen LogP contribution in [-0.2, 0) is 4.74 Å². The molecule has 1 saturated heterocycles. The predicted octanol–water partition coefficient (Wildman–Crippen LogP) is 2.27. The van der Waals surface area contributed by atoms with Gasteiger partial charge in [-0.3, -0.25) is 0 Å². The minimum absolute atomic E-state index is 0.766. The summed E-state index contributed by atoms with van der Waals surface area (Å²) >= 11 is 0. The molecule has 0 atom stereocenters. The van der Waals surface area contributed by atoms with E-state index in [9.17, 15) is 0 Å². The lowest BCUT2D eigenvalue weighted by molar-refractivity contribution is 0.109. The van der Waals surface area contributed by atoms with Gasteiger partial charge in [0.2, 0.25) is 0 Å². The zero-order chi connectivity index (χ0) is 12.7. The molecule has 1 N–H and O–H groups in total. The molecule has 1 spiro atoms. The summed E-state index contributed by atoms with van der Waals surface area (Å²) in [5, 5.41) is 3.51. The van der Waals surface area contributed by atoms with Gasteiger partial charge in [-0.15, -0.1) is 0 Å². The second-order valence-electron chi connectivity index (χ2n) is 6.15. The maximum absolute atomic E-state index is 5.04. The van der Waals surface area contributed by atoms with Crippen LogP contribution >= 0.6 is 0 Å². The topological polar surface area (TPSA) is 24.5 Å². The fourth-order valence-electron chi connectivity index (χ4n) is 3.58. The van der Waals surface area contributed by atoms with Crippen LogP contribution < -0.4 is 5.32 Å². The largest absolute Gasteiger partial charge is 0.385 e. The molecule has 2 rings (SSSR count). The Morgan fingerprint density at radius 2 is 1.78 bits per heavy atom. The lowest BCUT2D eigenvalue weighted by atomic mass is 9.77. The van der Waals surface area contributed by atoms with Crippen LogP contribution in [0.3, 0.4) is 0 Å². The van der Waals surface area contributed by atoms with Gasteiger partial charge in [-0.2, -0.15) is 0 Å². The standard InChI is InChI=1S/C15H30N2O/c1-18-14-4-9-16-10-13-17-11-7-15(8-12-17)5-2-3-6-15/h16H,2-14H2,1H3. The fraction of sp³-hybridized carbons (Fsp3) is 1.00. The maximum Gasteiger partial charge on any atom is 0.0474 e. The fourth-order valence-corrected chi connectivity index (χ4v) is 3.58. The van der Waals surface area contributed by atoms with Gasteiger partial charge >= 0.3 is 0 Å². The first kappa shape index (κ1) is 14.3. The van der Waals surface area contributed by atoms with Crippen molar-refractivity contribution in [2.24, 2.45) is 5.41 Å². The van der Waals surface area contributed by atoms with E-state index in [1.54, 1.807) is 7.11 Å². The molecule has 3 nitrogen and oxygen atoms in total. The molecule has 0 bridgehead atoms. The highest BCUT2D eigenvalue weighted by Gasteiger charge is 2.36. The van der Waals surface area contributed by atoms with Crippen LogP contribution in [0.5, 0.6) is 0 Å². The number of rotatable bonds is 7. The van der Waals surface area contributed by atoms with Crippen molar-refractivity contribution < 1.29 is 4.74 Å². The van der Waals surface area contributed by atoms with E-state index in [4.69, 9.17) is 4.74 Å². The van der Waals surface area contributed by atoms with E-state index in [2.05, 4.69) is 10.2 Å². The van der Waals surface area contributed by atoms with Gasteiger partial charge in [-0.1, -0.05) is 12.8 Å². The molecular weight excluding hydrogens is 224 g/mol. The van der Waals surface area contributed by atoms with Crippen molar-refractivity contribution in [3.05, 3.63) is 0 Å². The summed E-state index contributed by atoms with van der Waals surface area (Å²) in [5.74, 6) is 0. The SMILES string of the molecule is COCCCNCCN1CCC2(CCCC2)CC1. The third-order valence-corrected chi connectivity index (χ3v) is 4.89. The van der Waals surface area contributed by atoms with E-state index < -0.39 is 0 Å². The number of nitrogens with zero attached hydrogens (tertiary/aromatic N) is 1. The van der Waals surface area contributed by atoms with Crippen molar-refractivity contribution in [2.45, 2.75) is 44.9 Å².